The second-order valence-corrected chi connectivity index (χ2v) is 12.8. The zero-order valence-corrected chi connectivity index (χ0v) is 23.1. The Morgan fingerprint density at radius 1 is 0.632 bits per heavy atom. The van der Waals surface area contributed by atoms with Gasteiger partial charge in [-0.05, 0) is 39.8 Å². The molecule has 0 spiro atoms. The lowest BCUT2D eigenvalue weighted by Gasteiger charge is -2.23. The Labute approximate surface area is 222 Å². The van der Waals surface area contributed by atoms with Crippen LogP contribution in [0.1, 0.15) is 50.7 Å². The number of hydrogen-bond acceptors (Lipinski definition) is 5. The molecule has 0 saturated heterocycles. The highest BCUT2D eigenvalue weighted by molar-refractivity contribution is 7.87. The van der Waals surface area contributed by atoms with Gasteiger partial charge in [0.05, 0.1) is 0 Å². The van der Waals surface area contributed by atoms with Crippen LogP contribution < -0.4 is 4.18 Å². The summed E-state index contributed by atoms with van der Waals surface area (Å²) in [5.74, 6) is -0.218. The first-order valence-corrected chi connectivity index (χ1v) is 15.2. The first kappa shape index (κ1) is 26.2. The predicted molar refractivity (Wildman–Crippen MR) is 151 cm³/mol. The van der Waals surface area contributed by atoms with E-state index in [4.69, 9.17) is 4.18 Å². The topological polar surface area (TPSA) is 97.7 Å². The highest BCUT2D eigenvalue weighted by Crippen LogP contribution is 2.44. The summed E-state index contributed by atoms with van der Waals surface area (Å²) in [6, 6.07) is 22.4. The highest BCUT2D eigenvalue weighted by Gasteiger charge is 2.31. The van der Waals surface area contributed by atoms with E-state index in [2.05, 4.69) is 0 Å². The Kier molecular flexibility index (Phi) is 6.46. The lowest BCUT2D eigenvalue weighted by atomic mass is 9.90. The van der Waals surface area contributed by atoms with Crippen molar-refractivity contribution in [3.05, 3.63) is 90.0 Å². The third kappa shape index (κ3) is 4.32. The van der Waals surface area contributed by atoms with Crippen LogP contribution in [0, 0.1) is 0 Å². The van der Waals surface area contributed by atoms with Crippen LogP contribution in [0.5, 0.6) is 5.75 Å². The van der Waals surface area contributed by atoms with Gasteiger partial charge in [0.1, 0.15) is 9.79 Å². The van der Waals surface area contributed by atoms with Gasteiger partial charge in [-0.1, -0.05) is 100 Å². The molecule has 5 aromatic rings. The zero-order valence-electron chi connectivity index (χ0n) is 21.5. The van der Waals surface area contributed by atoms with Gasteiger partial charge in [-0.15, -0.1) is 0 Å². The summed E-state index contributed by atoms with van der Waals surface area (Å²) >= 11 is 0. The number of hydrogen-bond donors (Lipinski definition) is 1. The predicted octanol–water partition coefficient (Wildman–Crippen LogP) is 7.41. The molecule has 196 valence electrons. The number of benzene rings is 5. The molecule has 0 unspecified atom stereocenters. The Balaban J connectivity index is 1.88. The van der Waals surface area contributed by atoms with Crippen molar-refractivity contribution in [1.29, 1.82) is 0 Å². The minimum absolute atomic E-state index is 0.0150. The molecule has 1 N–H and O–H groups in total. The Morgan fingerprint density at radius 3 is 1.58 bits per heavy atom. The van der Waals surface area contributed by atoms with Crippen molar-refractivity contribution >= 4 is 52.6 Å². The van der Waals surface area contributed by atoms with Crippen LogP contribution in [-0.4, -0.2) is 21.4 Å². The molecule has 38 heavy (non-hydrogen) atoms. The molecular formula is C30H28O6S2. The summed E-state index contributed by atoms with van der Waals surface area (Å²) in [7, 11) is -9.03. The Hall–Kier alpha value is -3.46. The number of rotatable bonds is 6. The molecule has 8 heteroatoms. The van der Waals surface area contributed by atoms with E-state index in [0.29, 0.717) is 11.1 Å². The Bertz CT molecular complexity index is 1880. The molecule has 0 fully saturated rings. The van der Waals surface area contributed by atoms with Crippen LogP contribution in [0.2, 0.25) is 0 Å². The van der Waals surface area contributed by atoms with Crippen molar-refractivity contribution in [1.82, 2.24) is 0 Å². The van der Waals surface area contributed by atoms with Crippen molar-refractivity contribution in [2.24, 2.45) is 0 Å². The molecule has 0 aromatic heterocycles. The van der Waals surface area contributed by atoms with E-state index >= 15 is 0 Å². The van der Waals surface area contributed by atoms with Gasteiger partial charge in [-0.2, -0.15) is 16.8 Å². The quantitative estimate of drug-likeness (QED) is 0.135. The van der Waals surface area contributed by atoms with E-state index in [-0.39, 0.29) is 48.9 Å². The lowest BCUT2D eigenvalue weighted by molar-refractivity contribution is 0.485. The van der Waals surface area contributed by atoms with Crippen LogP contribution in [0.4, 0.5) is 0 Å². The standard InChI is InChI=1S/C30H28O6S2/c1-18(2)26-17-20-11-5-6-12-21(20)27(19(3)4)30(26)38(34,35)36-28-22-13-7-9-15-24(22)29(37(31,32)33)25-16-10-8-14-23(25)28/h5-19H,1-4H3,(H,31,32,33). The number of fused-ring (bicyclic) bond motifs is 3. The van der Waals surface area contributed by atoms with Crippen molar-refractivity contribution in [2.45, 2.75) is 49.3 Å². The third-order valence-corrected chi connectivity index (χ3v) is 9.10. The third-order valence-electron chi connectivity index (χ3n) is 6.80. The van der Waals surface area contributed by atoms with E-state index in [0.717, 1.165) is 10.8 Å². The van der Waals surface area contributed by atoms with Crippen LogP contribution in [0.15, 0.2) is 88.7 Å². The van der Waals surface area contributed by atoms with E-state index < -0.39 is 20.2 Å². The molecule has 0 saturated carbocycles. The van der Waals surface area contributed by atoms with Gasteiger partial charge in [0.15, 0.2) is 5.75 Å². The maximum atomic E-state index is 14.3. The summed E-state index contributed by atoms with van der Waals surface area (Å²) < 4.78 is 69.5. The van der Waals surface area contributed by atoms with E-state index in [1.54, 1.807) is 36.4 Å². The molecule has 5 aromatic carbocycles. The maximum Gasteiger partial charge on any atom is 0.339 e. The van der Waals surface area contributed by atoms with E-state index in [1.807, 2.05) is 58.0 Å². The lowest BCUT2D eigenvalue weighted by Crippen LogP contribution is -2.17. The average molecular weight is 549 g/mol. The van der Waals surface area contributed by atoms with Gasteiger partial charge in [-0.25, -0.2) is 0 Å². The summed E-state index contributed by atoms with van der Waals surface area (Å²) in [6.45, 7) is 7.80. The second-order valence-electron chi connectivity index (χ2n) is 10.0. The van der Waals surface area contributed by atoms with Crippen molar-refractivity contribution in [2.75, 3.05) is 0 Å². The molecule has 0 heterocycles. The van der Waals surface area contributed by atoms with Gasteiger partial charge in [-0.3, -0.25) is 4.55 Å². The molecule has 0 aliphatic heterocycles. The van der Waals surface area contributed by atoms with Gasteiger partial charge < -0.3 is 4.18 Å². The summed E-state index contributed by atoms with van der Waals surface area (Å²) in [5.41, 5.74) is 1.32. The second kappa shape index (κ2) is 9.38. The monoisotopic (exact) mass is 548 g/mol. The smallest absolute Gasteiger partial charge is 0.339 e. The average Bonchev–Trinajstić information content (AvgIpc) is 2.86. The molecule has 0 atom stereocenters. The highest BCUT2D eigenvalue weighted by atomic mass is 32.2. The molecule has 0 aliphatic carbocycles. The minimum atomic E-state index is -4.63. The normalized spacial score (nSPS) is 12.7. The molecule has 5 rings (SSSR count). The maximum absolute atomic E-state index is 14.3. The molecule has 6 nitrogen and oxygen atoms in total. The van der Waals surface area contributed by atoms with Crippen molar-refractivity contribution in [3.63, 3.8) is 0 Å². The fourth-order valence-corrected chi connectivity index (χ4v) is 7.82. The van der Waals surface area contributed by atoms with Crippen LogP contribution in [0.3, 0.4) is 0 Å². The summed E-state index contributed by atoms with van der Waals surface area (Å²) in [4.78, 5) is -0.155. The van der Waals surface area contributed by atoms with Gasteiger partial charge in [0.25, 0.3) is 10.1 Å². The first-order chi connectivity index (χ1) is 17.9. The summed E-state index contributed by atoms with van der Waals surface area (Å²) in [5, 5.41) is 2.66. The molecule has 0 radical (unpaired) electrons. The fraction of sp³-hybridized carbons (Fsp3) is 0.200. The Morgan fingerprint density at radius 2 is 1.11 bits per heavy atom. The molecule has 0 aliphatic rings. The minimum Gasteiger partial charge on any atom is -0.378 e. The summed E-state index contributed by atoms with van der Waals surface area (Å²) in [6.07, 6.45) is 0. The SMILES string of the molecule is CC(C)c1cc2ccccc2c(C(C)C)c1S(=O)(=O)Oc1c2ccccc2c(S(=O)(=O)O)c2ccccc12. The van der Waals surface area contributed by atoms with Gasteiger partial charge in [0.2, 0.25) is 0 Å². The molecule has 0 amide bonds. The van der Waals surface area contributed by atoms with Crippen LogP contribution >= 0.6 is 0 Å². The van der Waals surface area contributed by atoms with Gasteiger partial charge >= 0.3 is 10.1 Å². The van der Waals surface area contributed by atoms with Crippen LogP contribution in [-0.2, 0) is 20.2 Å². The van der Waals surface area contributed by atoms with Gasteiger partial charge in [0, 0.05) is 21.5 Å². The van der Waals surface area contributed by atoms with Crippen molar-refractivity contribution in [3.8, 4) is 5.75 Å². The zero-order chi connectivity index (χ0) is 27.4. The fourth-order valence-electron chi connectivity index (χ4n) is 5.23. The first-order valence-electron chi connectivity index (χ1n) is 12.3. The van der Waals surface area contributed by atoms with E-state index in [1.165, 1.54) is 12.1 Å². The van der Waals surface area contributed by atoms with Crippen LogP contribution in [0.25, 0.3) is 32.3 Å². The van der Waals surface area contributed by atoms with Crippen molar-refractivity contribution < 1.29 is 25.6 Å². The molecular weight excluding hydrogens is 520 g/mol. The molecule has 0 bridgehead atoms. The largest absolute Gasteiger partial charge is 0.378 e. The van der Waals surface area contributed by atoms with E-state index in [9.17, 15) is 21.4 Å².